The molecule has 0 spiro atoms. The molecule has 0 atom stereocenters. The first kappa shape index (κ1) is 18.6. The molecule has 0 N–H and O–H groups in total. The Hall–Kier alpha value is -2.77. The second-order valence-corrected chi connectivity index (χ2v) is 8.25. The van der Waals surface area contributed by atoms with Crippen molar-refractivity contribution in [2.24, 2.45) is 0 Å². The summed E-state index contributed by atoms with van der Waals surface area (Å²) in [7, 11) is 0. The number of oxazole rings is 1. The van der Waals surface area contributed by atoms with Crippen molar-refractivity contribution in [3.8, 4) is 17.7 Å². The SMILES string of the molecule is Cc1csc(SCC(=O)N2CCN(c3oc(-c4ccco4)nc3C#N)CC2)n1. The van der Waals surface area contributed by atoms with Crippen LogP contribution < -0.4 is 4.90 Å². The summed E-state index contributed by atoms with van der Waals surface area (Å²) < 4.78 is 12.0. The Morgan fingerprint density at radius 1 is 1.36 bits per heavy atom. The molecule has 1 saturated heterocycles. The second-order valence-electron chi connectivity index (χ2n) is 6.17. The quantitative estimate of drug-likeness (QED) is 0.586. The molecule has 1 amide bonds. The van der Waals surface area contributed by atoms with Gasteiger partial charge in [0.05, 0.1) is 12.0 Å². The summed E-state index contributed by atoms with van der Waals surface area (Å²) in [6.07, 6.45) is 1.53. The van der Waals surface area contributed by atoms with Crippen LogP contribution in [0.15, 0.2) is 36.9 Å². The number of nitrogens with zero attached hydrogens (tertiary/aromatic N) is 5. The average molecular weight is 416 g/mol. The molecule has 144 valence electrons. The van der Waals surface area contributed by atoms with Crippen LogP contribution in [0.3, 0.4) is 0 Å². The zero-order valence-electron chi connectivity index (χ0n) is 15.1. The number of carbonyl (C=O) groups is 1. The van der Waals surface area contributed by atoms with Gasteiger partial charge in [-0.3, -0.25) is 4.79 Å². The monoisotopic (exact) mass is 415 g/mol. The number of carbonyl (C=O) groups excluding carboxylic acids is 1. The fourth-order valence-electron chi connectivity index (χ4n) is 2.88. The first-order chi connectivity index (χ1) is 13.6. The fraction of sp³-hybridized carbons (Fsp3) is 0.333. The van der Waals surface area contributed by atoms with Crippen molar-refractivity contribution in [2.45, 2.75) is 11.3 Å². The summed E-state index contributed by atoms with van der Waals surface area (Å²) in [5, 5.41) is 11.4. The van der Waals surface area contributed by atoms with E-state index in [1.54, 1.807) is 23.5 Å². The molecule has 1 aliphatic rings. The summed E-state index contributed by atoms with van der Waals surface area (Å²) in [4.78, 5) is 24.8. The van der Waals surface area contributed by atoms with E-state index in [1.165, 1.54) is 18.0 Å². The van der Waals surface area contributed by atoms with Crippen molar-refractivity contribution >= 4 is 34.9 Å². The number of hydrogen-bond acceptors (Lipinski definition) is 9. The molecule has 0 aliphatic carbocycles. The van der Waals surface area contributed by atoms with Crippen LogP contribution in [-0.4, -0.2) is 52.7 Å². The normalized spacial score (nSPS) is 14.3. The Bertz CT molecular complexity index is 997. The van der Waals surface area contributed by atoms with Crippen LogP contribution in [0.2, 0.25) is 0 Å². The van der Waals surface area contributed by atoms with Crippen LogP contribution in [0, 0.1) is 18.3 Å². The molecular formula is C18H17N5O3S2. The lowest BCUT2D eigenvalue weighted by Gasteiger charge is -2.34. The third-order valence-corrected chi connectivity index (χ3v) is 6.41. The highest BCUT2D eigenvalue weighted by Gasteiger charge is 2.27. The summed E-state index contributed by atoms with van der Waals surface area (Å²) in [6.45, 7) is 4.23. The van der Waals surface area contributed by atoms with Gasteiger partial charge in [-0.05, 0) is 19.1 Å². The third-order valence-electron chi connectivity index (χ3n) is 4.28. The van der Waals surface area contributed by atoms with Gasteiger partial charge in [0.2, 0.25) is 17.5 Å². The zero-order valence-corrected chi connectivity index (χ0v) is 16.8. The van der Waals surface area contributed by atoms with Crippen molar-refractivity contribution in [3.05, 3.63) is 35.2 Å². The Balaban J connectivity index is 1.36. The van der Waals surface area contributed by atoms with Crippen molar-refractivity contribution in [1.82, 2.24) is 14.9 Å². The van der Waals surface area contributed by atoms with Gasteiger partial charge in [-0.15, -0.1) is 11.3 Å². The smallest absolute Gasteiger partial charge is 0.266 e. The van der Waals surface area contributed by atoms with Crippen LogP contribution in [0.1, 0.15) is 11.4 Å². The minimum Gasteiger partial charge on any atom is -0.459 e. The molecule has 10 heteroatoms. The number of aryl methyl sites for hydroxylation is 1. The molecule has 0 radical (unpaired) electrons. The highest BCUT2D eigenvalue weighted by molar-refractivity contribution is 8.01. The number of nitriles is 1. The van der Waals surface area contributed by atoms with E-state index in [4.69, 9.17) is 8.83 Å². The molecule has 0 bridgehead atoms. The van der Waals surface area contributed by atoms with Crippen molar-refractivity contribution in [1.29, 1.82) is 5.26 Å². The summed E-state index contributed by atoms with van der Waals surface area (Å²) in [5.41, 5.74) is 1.20. The van der Waals surface area contributed by atoms with Gasteiger partial charge in [0.1, 0.15) is 6.07 Å². The summed E-state index contributed by atoms with van der Waals surface area (Å²) >= 11 is 3.02. The largest absolute Gasteiger partial charge is 0.459 e. The predicted octanol–water partition coefficient (Wildman–Crippen LogP) is 3.01. The van der Waals surface area contributed by atoms with Gasteiger partial charge in [-0.2, -0.15) is 10.2 Å². The maximum atomic E-state index is 12.5. The first-order valence-electron chi connectivity index (χ1n) is 8.66. The number of thioether (sulfide) groups is 1. The van der Waals surface area contributed by atoms with Crippen LogP contribution in [0.25, 0.3) is 11.7 Å². The number of hydrogen-bond donors (Lipinski definition) is 0. The maximum Gasteiger partial charge on any atom is 0.266 e. The van der Waals surface area contributed by atoms with Crippen LogP contribution in [0.4, 0.5) is 5.88 Å². The van der Waals surface area contributed by atoms with Crippen LogP contribution in [0.5, 0.6) is 0 Å². The lowest BCUT2D eigenvalue weighted by atomic mass is 10.3. The topological polar surface area (TPSA) is 99.4 Å². The van der Waals surface area contributed by atoms with E-state index in [1.807, 2.05) is 22.1 Å². The van der Waals surface area contributed by atoms with E-state index >= 15 is 0 Å². The maximum absolute atomic E-state index is 12.5. The average Bonchev–Trinajstić information content (AvgIpc) is 3.46. The zero-order chi connectivity index (χ0) is 19.5. The number of thiazole rings is 1. The van der Waals surface area contributed by atoms with Gasteiger partial charge >= 0.3 is 0 Å². The van der Waals surface area contributed by atoms with E-state index in [2.05, 4.69) is 16.0 Å². The molecule has 0 saturated carbocycles. The third kappa shape index (κ3) is 3.90. The Morgan fingerprint density at radius 2 is 2.18 bits per heavy atom. The van der Waals surface area contributed by atoms with Gasteiger partial charge < -0.3 is 18.6 Å². The van der Waals surface area contributed by atoms with E-state index in [9.17, 15) is 10.1 Å². The molecular weight excluding hydrogens is 398 g/mol. The number of rotatable bonds is 5. The molecule has 3 aromatic rings. The Morgan fingerprint density at radius 3 is 2.82 bits per heavy atom. The second kappa shape index (κ2) is 8.08. The predicted molar refractivity (Wildman–Crippen MR) is 105 cm³/mol. The van der Waals surface area contributed by atoms with E-state index in [0.29, 0.717) is 43.6 Å². The molecule has 1 aliphatic heterocycles. The lowest BCUT2D eigenvalue weighted by Crippen LogP contribution is -2.49. The van der Waals surface area contributed by atoms with Crippen molar-refractivity contribution in [3.63, 3.8) is 0 Å². The highest BCUT2D eigenvalue weighted by atomic mass is 32.2. The van der Waals surface area contributed by atoms with Gasteiger partial charge in [-0.1, -0.05) is 11.8 Å². The summed E-state index contributed by atoms with van der Waals surface area (Å²) in [6, 6.07) is 5.54. The Labute approximate surface area is 169 Å². The van der Waals surface area contributed by atoms with Gasteiger partial charge in [0.15, 0.2) is 10.1 Å². The number of furan rings is 1. The van der Waals surface area contributed by atoms with Crippen molar-refractivity contribution in [2.75, 3.05) is 36.8 Å². The minimum absolute atomic E-state index is 0.0897. The van der Waals surface area contributed by atoms with Gasteiger partial charge in [0, 0.05) is 37.3 Å². The van der Waals surface area contributed by atoms with Crippen LogP contribution in [-0.2, 0) is 4.79 Å². The van der Waals surface area contributed by atoms with Gasteiger partial charge in [0.25, 0.3) is 5.89 Å². The number of anilines is 1. The highest BCUT2D eigenvalue weighted by Crippen LogP contribution is 2.29. The van der Waals surface area contributed by atoms with Crippen molar-refractivity contribution < 1.29 is 13.6 Å². The minimum atomic E-state index is 0.0897. The fourth-order valence-corrected chi connectivity index (χ4v) is 4.63. The lowest BCUT2D eigenvalue weighted by molar-refractivity contribution is -0.128. The summed E-state index contributed by atoms with van der Waals surface area (Å²) in [5.74, 6) is 1.65. The number of piperazine rings is 1. The standard InChI is InChI=1S/C18H17N5O3S2/c1-12-10-27-18(20-12)28-11-15(24)22-4-6-23(7-5-22)17-13(9-19)21-16(26-17)14-3-2-8-25-14/h2-3,8,10H,4-7,11H2,1H3. The van der Waals surface area contributed by atoms with E-state index in [-0.39, 0.29) is 17.5 Å². The van der Waals surface area contributed by atoms with Crippen LogP contribution >= 0.6 is 23.1 Å². The molecule has 4 heterocycles. The molecule has 1 fully saturated rings. The number of aromatic nitrogens is 2. The molecule has 3 aromatic heterocycles. The van der Waals surface area contributed by atoms with E-state index < -0.39 is 0 Å². The molecule has 0 unspecified atom stereocenters. The molecule has 0 aromatic carbocycles. The molecule has 8 nitrogen and oxygen atoms in total. The van der Waals surface area contributed by atoms with Gasteiger partial charge in [-0.25, -0.2) is 4.98 Å². The molecule has 28 heavy (non-hydrogen) atoms. The Kier molecular flexibility index (Phi) is 5.36. The number of amides is 1. The van der Waals surface area contributed by atoms with E-state index in [0.717, 1.165) is 10.0 Å². The first-order valence-corrected chi connectivity index (χ1v) is 10.5. The molecule has 4 rings (SSSR count).